The van der Waals surface area contributed by atoms with Gasteiger partial charge in [-0.2, -0.15) is 0 Å². The molecule has 106 valence electrons. The molecule has 1 aromatic rings. The second-order valence-corrected chi connectivity index (χ2v) is 6.52. The first-order valence-electron chi connectivity index (χ1n) is 7.32. The summed E-state index contributed by atoms with van der Waals surface area (Å²) in [6.07, 6.45) is 7.79. The normalized spacial score (nSPS) is 24.0. The minimum absolute atomic E-state index is 0.535. The van der Waals surface area contributed by atoms with E-state index in [-0.39, 0.29) is 0 Å². The summed E-state index contributed by atoms with van der Waals surface area (Å²) in [5.41, 5.74) is 2.02. The van der Waals surface area contributed by atoms with Crippen molar-refractivity contribution in [2.45, 2.75) is 58.4 Å². The molecule has 1 N–H and O–H groups in total. The first-order valence-corrected chi connectivity index (χ1v) is 8.08. The number of anilines is 1. The predicted octanol–water partition coefficient (Wildman–Crippen LogP) is 6.07. The molecule has 0 bridgehead atoms. The zero-order valence-electron chi connectivity index (χ0n) is 11.8. The van der Waals surface area contributed by atoms with Crippen LogP contribution in [0.1, 0.15) is 51.0 Å². The van der Waals surface area contributed by atoms with Crippen LogP contribution in [-0.2, 0) is 0 Å². The average Bonchev–Trinajstić information content (AvgIpc) is 2.61. The Hall–Kier alpha value is -0.400. The van der Waals surface area contributed by atoms with Gasteiger partial charge in [0.2, 0.25) is 0 Å². The molecule has 1 aliphatic rings. The van der Waals surface area contributed by atoms with E-state index in [1.807, 2.05) is 19.1 Å². The quantitative estimate of drug-likeness (QED) is 0.668. The standard InChI is InChI=1S/C16H23Cl2N/c1-3-12-5-4-6-13(8-7-12)19-16-10-14(17)11(2)9-15(16)18/h9-10,12-13,19H,3-8H2,1-2H3. The molecule has 0 aromatic heterocycles. The third-order valence-electron chi connectivity index (χ3n) is 4.27. The van der Waals surface area contributed by atoms with Crippen molar-refractivity contribution in [2.75, 3.05) is 5.32 Å². The summed E-state index contributed by atoms with van der Waals surface area (Å²) in [5, 5.41) is 5.15. The number of rotatable bonds is 3. The Morgan fingerprint density at radius 1 is 1.11 bits per heavy atom. The molecule has 1 saturated carbocycles. The van der Waals surface area contributed by atoms with E-state index in [9.17, 15) is 0 Å². The van der Waals surface area contributed by atoms with Gasteiger partial charge in [0.15, 0.2) is 0 Å². The molecular weight excluding hydrogens is 277 g/mol. The summed E-state index contributed by atoms with van der Waals surface area (Å²) in [4.78, 5) is 0. The molecule has 3 heteroatoms. The van der Waals surface area contributed by atoms with Gasteiger partial charge in [-0.15, -0.1) is 0 Å². The first kappa shape index (κ1) is 15.0. The lowest BCUT2D eigenvalue weighted by Crippen LogP contribution is -2.18. The van der Waals surface area contributed by atoms with Crippen molar-refractivity contribution in [3.8, 4) is 0 Å². The first-order chi connectivity index (χ1) is 9.10. The lowest BCUT2D eigenvalue weighted by molar-refractivity contribution is 0.444. The Balaban J connectivity index is 2.03. The van der Waals surface area contributed by atoms with Crippen molar-refractivity contribution >= 4 is 28.9 Å². The average molecular weight is 300 g/mol. The molecule has 0 aliphatic heterocycles. The third-order valence-corrected chi connectivity index (χ3v) is 4.99. The number of hydrogen-bond acceptors (Lipinski definition) is 1. The van der Waals surface area contributed by atoms with Gasteiger partial charge in [0.1, 0.15) is 0 Å². The van der Waals surface area contributed by atoms with Gasteiger partial charge in [-0.25, -0.2) is 0 Å². The Labute approximate surface area is 126 Å². The predicted molar refractivity (Wildman–Crippen MR) is 85.5 cm³/mol. The maximum Gasteiger partial charge on any atom is 0.0641 e. The Kier molecular flexibility index (Phi) is 5.41. The molecule has 0 spiro atoms. The molecule has 0 heterocycles. The second-order valence-electron chi connectivity index (χ2n) is 5.71. The smallest absolute Gasteiger partial charge is 0.0641 e. The highest BCUT2D eigenvalue weighted by atomic mass is 35.5. The van der Waals surface area contributed by atoms with Crippen LogP contribution in [0, 0.1) is 12.8 Å². The van der Waals surface area contributed by atoms with E-state index in [4.69, 9.17) is 23.2 Å². The summed E-state index contributed by atoms with van der Waals surface area (Å²) in [7, 11) is 0. The molecule has 2 atom stereocenters. The molecular formula is C16H23Cl2N. The van der Waals surface area contributed by atoms with Crippen molar-refractivity contribution in [2.24, 2.45) is 5.92 Å². The van der Waals surface area contributed by atoms with Crippen molar-refractivity contribution < 1.29 is 0 Å². The van der Waals surface area contributed by atoms with Gasteiger partial charge < -0.3 is 5.32 Å². The van der Waals surface area contributed by atoms with Gasteiger partial charge in [-0.3, -0.25) is 0 Å². The van der Waals surface area contributed by atoms with E-state index in [2.05, 4.69) is 12.2 Å². The van der Waals surface area contributed by atoms with Crippen molar-refractivity contribution in [1.29, 1.82) is 0 Å². The summed E-state index contributed by atoms with van der Waals surface area (Å²) < 4.78 is 0. The molecule has 0 amide bonds. The van der Waals surface area contributed by atoms with Gasteiger partial charge >= 0.3 is 0 Å². The van der Waals surface area contributed by atoms with Gasteiger partial charge in [0, 0.05) is 11.1 Å². The third kappa shape index (κ3) is 4.03. The lowest BCUT2D eigenvalue weighted by atomic mass is 9.98. The fourth-order valence-corrected chi connectivity index (χ4v) is 3.34. The number of hydrogen-bond donors (Lipinski definition) is 1. The number of halogens is 2. The topological polar surface area (TPSA) is 12.0 Å². The highest BCUT2D eigenvalue weighted by molar-refractivity contribution is 6.35. The fourth-order valence-electron chi connectivity index (χ4n) is 2.91. The monoisotopic (exact) mass is 299 g/mol. The zero-order valence-corrected chi connectivity index (χ0v) is 13.3. The van der Waals surface area contributed by atoms with E-state index in [0.29, 0.717) is 6.04 Å². The molecule has 1 fully saturated rings. The van der Waals surface area contributed by atoms with E-state index < -0.39 is 0 Å². The van der Waals surface area contributed by atoms with E-state index in [1.54, 1.807) is 0 Å². The highest BCUT2D eigenvalue weighted by Gasteiger charge is 2.18. The molecule has 0 radical (unpaired) electrons. The maximum atomic E-state index is 6.30. The Morgan fingerprint density at radius 2 is 1.89 bits per heavy atom. The molecule has 1 aromatic carbocycles. The zero-order chi connectivity index (χ0) is 13.8. The second kappa shape index (κ2) is 6.85. The number of benzene rings is 1. The van der Waals surface area contributed by atoms with Crippen LogP contribution >= 0.6 is 23.2 Å². The van der Waals surface area contributed by atoms with Gasteiger partial charge in [-0.1, -0.05) is 49.4 Å². The van der Waals surface area contributed by atoms with Crippen LogP contribution in [0.25, 0.3) is 0 Å². The van der Waals surface area contributed by atoms with Gasteiger partial charge in [0.05, 0.1) is 10.7 Å². The number of aryl methyl sites for hydroxylation is 1. The van der Waals surface area contributed by atoms with Crippen LogP contribution in [0.5, 0.6) is 0 Å². The van der Waals surface area contributed by atoms with Gasteiger partial charge in [0.25, 0.3) is 0 Å². The van der Waals surface area contributed by atoms with Crippen LogP contribution in [0.2, 0.25) is 10.0 Å². The summed E-state index contributed by atoms with van der Waals surface area (Å²) in [5.74, 6) is 0.906. The van der Waals surface area contributed by atoms with Crippen molar-refractivity contribution in [3.63, 3.8) is 0 Å². The van der Waals surface area contributed by atoms with Crippen LogP contribution in [-0.4, -0.2) is 6.04 Å². The van der Waals surface area contributed by atoms with E-state index >= 15 is 0 Å². The minimum Gasteiger partial charge on any atom is -0.381 e. The van der Waals surface area contributed by atoms with Crippen LogP contribution in [0.4, 0.5) is 5.69 Å². The van der Waals surface area contributed by atoms with E-state index in [0.717, 1.165) is 27.2 Å². The molecule has 1 aliphatic carbocycles. The van der Waals surface area contributed by atoms with Crippen LogP contribution < -0.4 is 5.32 Å². The molecule has 2 unspecified atom stereocenters. The van der Waals surface area contributed by atoms with Crippen LogP contribution in [0.15, 0.2) is 12.1 Å². The Morgan fingerprint density at radius 3 is 2.63 bits per heavy atom. The van der Waals surface area contributed by atoms with E-state index in [1.165, 1.54) is 38.5 Å². The van der Waals surface area contributed by atoms with Gasteiger partial charge in [-0.05, 0) is 49.8 Å². The summed E-state index contributed by atoms with van der Waals surface area (Å²) in [6.45, 7) is 4.28. The number of nitrogens with one attached hydrogen (secondary N) is 1. The molecule has 2 rings (SSSR count). The maximum absolute atomic E-state index is 6.30. The van der Waals surface area contributed by atoms with Crippen LogP contribution in [0.3, 0.4) is 0 Å². The largest absolute Gasteiger partial charge is 0.381 e. The summed E-state index contributed by atoms with van der Waals surface area (Å²) in [6, 6.07) is 4.44. The minimum atomic E-state index is 0.535. The fraction of sp³-hybridized carbons (Fsp3) is 0.625. The molecule has 0 saturated heterocycles. The molecule has 1 nitrogen and oxygen atoms in total. The lowest BCUT2D eigenvalue weighted by Gasteiger charge is -2.19. The SMILES string of the molecule is CCC1CCCC(Nc2cc(Cl)c(C)cc2Cl)CC1. The van der Waals surface area contributed by atoms with Crippen molar-refractivity contribution in [1.82, 2.24) is 0 Å². The molecule has 19 heavy (non-hydrogen) atoms. The Bertz CT molecular complexity index is 431. The highest BCUT2D eigenvalue weighted by Crippen LogP contribution is 2.32. The summed E-state index contributed by atoms with van der Waals surface area (Å²) >= 11 is 12.5. The van der Waals surface area contributed by atoms with Crippen molar-refractivity contribution in [3.05, 3.63) is 27.7 Å².